The zero-order chi connectivity index (χ0) is 14.7. The van der Waals surface area contributed by atoms with Crippen molar-refractivity contribution in [1.29, 1.82) is 0 Å². The molecule has 3 unspecified atom stereocenters. The van der Waals surface area contributed by atoms with E-state index in [1.165, 1.54) is 10.2 Å². The number of halogens is 1. The molecule has 1 saturated heterocycles. The molecule has 1 aromatic heterocycles. The molecule has 4 nitrogen and oxygen atoms in total. The van der Waals surface area contributed by atoms with E-state index in [9.17, 15) is 0 Å². The lowest BCUT2D eigenvalue weighted by Gasteiger charge is -2.25. The van der Waals surface area contributed by atoms with E-state index in [0.29, 0.717) is 18.1 Å². The second kappa shape index (κ2) is 7.05. The fraction of sp³-hybridized carbons (Fsp3) is 0.800. The first-order valence-electron chi connectivity index (χ1n) is 7.65. The zero-order valence-corrected chi connectivity index (χ0v) is 14.5. The van der Waals surface area contributed by atoms with Crippen LogP contribution in [-0.4, -0.2) is 35.6 Å². The van der Waals surface area contributed by atoms with Crippen LogP contribution in [0.2, 0.25) is 0 Å². The van der Waals surface area contributed by atoms with Gasteiger partial charge in [0.25, 0.3) is 0 Å². The van der Waals surface area contributed by atoms with Crippen LogP contribution < -0.4 is 5.32 Å². The number of hydrogen-bond donors (Lipinski definition) is 1. The first-order valence-corrected chi connectivity index (χ1v) is 8.44. The lowest BCUT2D eigenvalue weighted by molar-refractivity contribution is 0.0960. The number of nitrogens with one attached hydrogen (secondary N) is 1. The maximum Gasteiger partial charge on any atom is 0.0766 e. The fourth-order valence-electron chi connectivity index (χ4n) is 3.16. The van der Waals surface area contributed by atoms with Crippen molar-refractivity contribution < 1.29 is 4.74 Å². The minimum absolute atomic E-state index is 0.342. The molecular weight excluding hydrogens is 318 g/mol. The molecule has 3 atom stereocenters. The van der Waals surface area contributed by atoms with Crippen molar-refractivity contribution in [3.63, 3.8) is 0 Å². The van der Waals surface area contributed by atoms with Crippen molar-refractivity contribution in [2.75, 3.05) is 13.7 Å². The van der Waals surface area contributed by atoms with Crippen molar-refractivity contribution >= 4 is 15.9 Å². The highest BCUT2D eigenvalue weighted by molar-refractivity contribution is 9.10. The smallest absolute Gasteiger partial charge is 0.0766 e. The van der Waals surface area contributed by atoms with Crippen LogP contribution in [0.4, 0.5) is 0 Å². The second-order valence-electron chi connectivity index (χ2n) is 5.50. The lowest BCUT2D eigenvalue weighted by atomic mass is 9.90. The fourth-order valence-corrected chi connectivity index (χ4v) is 3.89. The molecule has 1 aromatic rings. The minimum Gasteiger partial charge on any atom is -0.378 e. The van der Waals surface area contributed by atoms with Gasteiger partial charge >= 0.3 is 0 Å². The Morgan fingerprint density at radius 1 is 1.50 bits per heavy atom. The molecule has 0 radical (unpaired) electrons. The molecule has 20 heavy (non-hydrogen) atoms. The molecule has 0 bridgehead atoms. The van der Waals surface area contributed by atoms with Crippen molar-refractivity contribution in [3.8, 4) is 0 Å². The second-order valence-corrected chi connectivity index (χ2v) is 6.30. The highest BCUT2D eigenvalue weighted by Crippen LogP contribution is 2.29. The highest BCUT2D eigenvalue weighted by atomic mass is 79.9. The maximum absolute atomic E-state index is 5.72. The Morgan fingerprint density at radius 3 is 2.75 bits per heavy atom. The Balaban J connectivity index is 2.20. The lowest BCUT2D eigenvalue weighted by Crippen LogP contribution is -2.39. The van der Waals surface area contributed by atoms with Crippen LogP contribution >= 0.6 is 15.9 Å². The van der Waals surface area contributed by atoms with E-state index in [0.717, 1.165) is 38.1 Å². The number of aromatic nitrogens is 2. The summed E-state index contributed by atoms with van der Waals surface area (Å²) >= 11 is 3.74. The third kappa shape index (κ3) is 3.10. The summed E-state index contributed by atoms with van der Waals surface area (Å²) < 4.78 is 9.05. The van der Waals surface area contributed by atoms with Gasteiger partial charge in [0.2, 0.25) is 0 Å². The topological polar surface area (TPSA) is 39.1 Å². The summed E-state index contributed by atoms with van der Waals surface area (Å²) in [5.74, 6) is 0.581. The van der Waals surface area contributed by atoms with E-state index < -0.39 is 0 Å². The van der Waals surface area contributed by atoms with Crippen LogP contribution in [0, 0.1) is 5.92 Å². The number of hydrogen-bond acceptors (Lipinski definition) is 3. The molecule has 5 heteroatoms. The van der Waals surface area contributed by atoms with E-state index in [1.807, 2.05) is 0 Å². The summed E-state index contributed by atoms with van der Waals surface area (Å²) in [5, 5.41) is 8.18. The molecular formula is C15H26BrN3O. The molecule has 0 saturated carbocycles. The van der Waals surface area contributed by atoms with Crippen molar-refractivity contribution in [2.45, 2.75) is 58.7 Å². The van der Waals surface area contributed by atoms with Crippen LogP contribution in [0.15, 0.2) is 4.47 Å². The van der Waals surface area contributed by atoms with E-state index in [-0.39, 0.29) is 0 Å². The van der Waals surface area contributed by atoms with Gasteiger partial charge in [-0.2, -0.15) is 5.10 Å². The van der Waals surface area contributed by atoms with Crippen LogP contribution in [0.3, 0.4) is 0 Å². The monoisotopic (exact) mass is 343 g/mol. The molecule has 1 N–H and O–H groups in total. The average molecular weight is 344 g/mol. The molecule has 1 aliphatic rings. The van der Waals surface area contributed by atoms with Gasteiger partial charge in [0.1, 0.15) is 0 Å². The first-order chi connectivity index (χ1) is 9.62. The maximum atomic E-state index is 5.72. The van der Waals surface area contributed by atoms with E-state index in [2.05, 4.69) is 53.7 Å². The summed E-state index contributed by atoms with van der Waals surface area (Å²) in [6, 6.07) is 0.440. The van der Waals surface area contributed by atoms with Gasteiger partial charge in [-0.25, -0.2) is 0 Å². The molecule has 1 fully saturated rings. The number of aryl methyl sites for hydroxylation is 2. The van der Waals surface area contributed by atoms with Gasteiger partial charge in [-0.05, 0) is 49.7 Å². The van der Waals surface area contributed by atoms with E-state index in [4.69, 9.17) is 9.84 Å². The minimum atomic E-state index is 0.342. The first kappa shape index (κ1) is 16.0. The number of ether oxygens (including phenoxy) is 1. The van der Waals surface area contributed by atoms with Gasteiger partial charge in [-0.15, -0.1) is 0 Å². The van der Waals surface area contributed by atoms with Gasteiger partial charge in [-0.1, -0.05) is 6.92 Å². The average Bonchev–Trinajstić information content (AvgIpc) is 3.00. The van der Waals surface area contributed by atoms with E-state index in [1.54, 1.807) is 0 Å². The van der Waals surface area contributed by atoms with Gasteiger partial charge in [0, 0.05) is 31.5 Å². The Hall–Kier alpha value is -0.390. The number of rotatable bonds is 6. The van der Waals surface area contributed by atoms with Crippen molar-refractivity contribution in [2.24, 2.45) is 5.92 Å². The largest absolute Gasteiger partial charge is 0.378 e. The van der Waals surface area contributed by atoms with Crippen molar-refractivity contribution in [3.05, 3.63) is 15.9 Å². The molecule has 0 amide bonds. The molecule has 0 aromatic carbocycles. The van der Waals surface area contributed by atoms with Gasteiger partial charge in [0.05, 0.1) is 22.0 Å². The van der Waals surface area contributed by atoms with Crippen LogP contribution in [-0.2, 0) is 24.1 Å². The Kier molecular flexibility index (Phi) is 5.64. The third-order valence-corrected chi connectivity index (χ3v) is 5.35. The molecule has 2 rings (SSSR count). The van der Waals surface area contributed by atoms with Crippen LogP contribution in [0.25, 0.3) is 0 Å². The summed E-state index contributed by atoms with van der Waals surface area (Å²) in [7, 11) is 2.05. The molecule has 0 aliphatic carbocycles. The van der Waals surface area contributed by atoms with Gasteiger partial charge in [0.15, 0.2) is 0 Å². The predicted molar refractivity (Wildman–Crippen MR) is 85.1 cm³/mol. The highest BCUT2D eigenvalue weighted by Gasteiger charge is 2.32. The standard InChI is InChI=1S/C15H26BrN3O/c1-5-12-15(16)14(19(6-2)18-12)9-13(17-4)11-7-8-20-10(11)3/h10-11,13,17H,5-9H2,1-4H3. The molecule has 0 spiro atoms. The normalized spacial score (nSPS) is 24.2. The third-order valence-electron chi connectivity index (χ3n) is 4.43. The molecule has 1 aliphatic heterocycles. The quantitative estimate of drug-likeness (QED) is 0.863. The number of likely N-dealkylation sites (N-methyl/N-ethyl adjacent to an activating group) is 1. The summed E-state index contributed by atoms with van der Waals surface area (Å²) in [5.41, 5.74) is 2.47. The molecule has 114 valence electrons. The molecule has 2 heterocycles. The summed E-state index contributed by atoms with van der Waals surface area (Å²) in [6.45, 7) is 8.29. The summed E-state index contributed by atoms with van der Waals surface area (Å²) in [6.07, 6.45) is 3.45. The predicted octanol–water partition coefficient (Wildman–Crippen LogP) is 2.78. The zero-order valence-electron chi connectivity index (χ0n) is 12.9. The Labute approximate surface area is 130 Å². The SMILES string of the molecule is CCc1nn(CC)c(CC(NC)C2CCOC2C)c1Br. The van der Waals surface area contributed by atoms with Gasteiger partial charge in [-0.3, -0.25) is 4.68 Å². The van der Waals surface area contributed by atoms with Crippen LogP contribution in [0.1, 0.15) is 38.6 Å². The van der Waals surface area contributed by atoms with Crippen LogP contribution in [0.5, 0.6) is 0 Å². The van der Waals surface area contributed by atoms with Crippen molar-refractivity contribution in [1.82, 2.24) is 15.1 Å². The summed E-state index contributed by atoms with van der Waals surface area (Å²) in [4.78, 5) is 0. The number of nitrogens with zero attached hydrogens (tertiary/aromatic N) is 2. The van der Waals surface area contributed by atoms with Gasteiger partial charge < -0.3 is 10.1 Å². The Morgan fingerprint density at radius 2 is 2.25 bits per heavy atom. The van der Waals surface area contributed by atoms with E-state index >= 15 is 0 Å². The Bertz CT molecular complexity index is 447.